The first-order chi connectivity index (χ1) is 10.4. The maximum Gasteiger partial charge on any atom is 0.322 e. The van der Waals surface area contributed by atoms with Crippen molar-refractivity contribution < 1.29 is 27.8 Å². The highest BCUT2D eigenvalue weighted by Crippen LogP contribution is 2.32. The highest BCUT2D eigenvalue weighted by molar-refractivity contribution is 7.89. The largest absolute Gasteiger partial charge is 0.495 e. The SMILES string of the molecule is COCc1ccc(OC)c(S(=O)(=O)N2CCCC2C(=O)O)c1. The normalized spacial score (nSPS) is 19.3. The summed E-state index contributed by atoms with van der Waals surface area (Å²) in [6.07, 6.45) is 0.838. The molecule has 7 nitrogen and oxygen atoms in total. The molecule has 0 aromatic heterocycles. The van der Waals surface area contributed by atoms with Gasteiger partial charge in [0.1, 0.15) is 16.7 Å². The second kappa shape index (κ2) is 6.64. The number of carboxylic acid groups (broad SMARTS) is 1. The van der Waals surface area contributed by atoms with Gasteiger partial charge in [-0.15, -0.1) is 0 Å². The number of aliphatic carboxylic acids is 1. The molecule has 0 aliphatic carbocycles. The second-order valence-corrected chi connectivity index (χ2v) is 6.89. The van der Waals surface area contributed by atoms with E-state index in [1.54, 1.807) is 12.1 Å². The van der Waals surface area contributed by atoms with E-state index in [4.69, 9.17) is 9.47 Å². The van der Waals surface area contributed by atoms with Crippen molar-refractivity contribution in [3.8, 4) is 5.75 Å². The van der Waals surface area contributed by atoms with Crippen LogP contribution in [0, 0.1) is 0 Å². The molecule has 0 spiro atoms. The van der Waals surface area contributed by atoms with E-state index < -0.39 is 22.0 Å². The molecule has 0 bridgehead atoms. The zero-order valence-corrected chi connectivity index (χ0v) is 13.3. The zero-order chi connectivity index (χ0) is 16.3. The van der Waals surface area contributed by atoms with E-state index in [9.17, 15) is 18.3 Å². The number of methoxy groups -OCH3 is 2. The van der Waals surface area contributed by atoms with Crippen LogP contribution in [0.3, 0.4) is 0 Å². The molecule has 1 unspecified atom stereocenters. The van der Waals surface area contributed by atoms with Crippen molar-refractivity contribution in [1.29, 1.82) is 0 Å². The third-order valence-corrected chi connectivity index (χ3v) is 5.54. The van der Waals surface area contributed by atoms with Crippen molar-refractivity contribution in [3.63, 3.8) is 0 Å². The Hall–Kier alpha value is -1.64. The highest BCUT2D eigenvalue weighted by atomic mass is 32.2. The second-order valence-electron chi connectivity index (χ2n) is 5.03. The Morgan fingerprint density at radius 2 is 2.14 bits per heavy atom. The fourth-order valence-electron chi connectivity index (χ4n) is 2.58. The highest BCUT2D eigenvalue weighted by Gasteiger charge is 2.40. The number of hydrogen-bond donors (Lipinski definition) is 1. The number of carbonyl (C=O) groups is 1. The predicted molar refractivity (Wildman–Crippen MR) is 78.3 cm³/mol. The smallest absolute Gasteiger partial charge is 0.322 e. The third kappa shape index (κ3) is 3.08. The Morgan fingerprint density at radius 3 is 2.73 bits per heavy atom. The number of ether oxygens (including phenoxy) is 2. The van der Waals surface area contributed by atoms with Gasteiger partial charge < -0.3 is 14.6 Å². The fraction of sp³-hybridized carbons (Fsp3) is 0.500. The summed E-state index contributed by atoms with van der Waals surface area (Å²) in [5.41, 5.74) is 0.674. The maximum absolute atomic E-state index is 12.8. The number of hydrogen-bond acceptors (Lipinski definition) is 5. The number of nitrogens with zero attached hydrogens (tertiary/aromatic N) is 1. The van der Waals surface area contributed by atoms with Crippen LogP contribution >= 0.6 is 0 Å². The van der Waals surface area contributed by atoms with Gasteiger partial charge in [-0.3, -0.25) is 4.79 Å². The Balaban J connectivity index is 2.48. The van der Waals surface area contributed by atoms with Gasteiger partial charge >= 0.3 is 5.97 Å². The van der Waals surface area contributed by atoms with Crippen molar-refractivity contribution in [3.05, 3.63) is 23.8 Å². The van der Waals surface area contributed by atoms with Crippen LogP contribution in [0.4, 0.5) is 0 Å². The van der Waals surface area contributed by atoms with Gasteiger partial charge in [-0.05, 0) is 30.5 Å². The van der Waals surface area contributed by atoms with Crippen molar-refractivity contribution in [2.75, 3.05) is 20.8 Å². The Morgan fingerprint density at radius 1 is 1.41 bits per heavy atom. The summed E-state index contributed by atoms with van der Waals surface area (Å²) in [5, 5.41) is 9.20. The van der Waals surface area contributed by atoms with Crippen LogP contribution in [-0.2, 0) is 26.2 Å². The van der Waals surface area contributed by atoms with Crippen LogP contribution in [0.25, 0.3) is 0 Å². The van der Waals surface area contributed by atoms with Gasteiger partial charge in [0.25, 0.3) is 0 Å². The van der Waals surface area contributed by atoms with Crippen molar-refractivity contribution in [2.45, 2.75) is 30.4 Å². The molecule has 1 atom stereocenters. The van der Waals surface area contributed by atoms with E-state index in [0.717, 1.165) is 4.31 Å². The van der Waals surface area contributed by atoms with Crippen LogP contribution in [0.2, 0.25) is 0 Å². The lowest BCUT2D eigenvalue weighted by Crippen LogP contribution is -2.40. The first-order valence-corrected chi connectivity index (χ1v) is 8.26. The summed E-state index contributed by atoms with van der Waals surface area (Å²) < 4.78 is 36.8. The molecular formula is C14H19NO6S. The topological polar surface area (TPSA) is 93.1 Å². The molecule has 1 saturated heterocycles. The van der Waals surface area contributed by atoms with Crippen LogP contribution < -0.4 is 4.74 Å². The number of rotatable bonds is 6. The van der Waals surface area contributed by atoms with Crippen molar-refractivity contribution in [1.82, 2.24) is 4.31 Å². The van der Waals surface area contributed by atoms with Crippen molar-refractivity contribution in [2.24, 2.45) is 0 Å². The molecule has 8 heteroatoms. The van der Waals surface area contributed by atoms with Crippen LogP contribution in [0.1, 0.15) is 18.4 Å². The van der Waals surface area contributed by atoms with Gasteiger partial charge in [-0.25, -0.2) is 8.42 Å². The summed E-state index contributed by atoms with van der Waals surface area (Å²) in [4.78, 5) is 11.2. The Bertz CT molecular complexity index is 657. The molecule has 1 fully saturated rings. The molecule has 0 radical (unpaired) electrons. The lowest BCUT2D eigenvalue weighted by molar-refractivity contribution is -0.140. The average molecular weight is 329 g/mol. The quantitative estimate of drug-likeness (QED) is 0.839. The minimum Gasteiger partial charge on any atom is -0.495 e. The standard InChI is InChI=1S/C14H19NO6S/c1-20-9-10-5-6-12(21-2)13(8-10)22(18,19)15-7-3-4-11(15)14(16)17/h5-6,8,11H,3-4,7,9H2,1-2H3,(H,16,17). The van der Waals surface area contributed by atoms with E-state index >= 15 is 0 Å². The van der Waals surface area contributed by atoms with E-state index in [-0.39, 0.29) is 23.8 Å². The average Bonchev–Trinajstić information content (AvgIpc) is 2.98. The fourth-order valence-corrected chi connectivity index (χ4v) is 4.44. The van der Waals surface area contributed by atoms with E-state index in [1.807, 2.05) is 0 Å². The monoisotopic (exact) mass is 329 g/mol. The van der Waals surface area contributed by atoms with Crippen LogP contribution in [0.5, 0.6) is 5.75 Å². The van der Waals surface area contributed by atoms with Crippen molar-refractivity contribution >= 4 is 16.0 Å². The Labute approximate surface area is 129 Å². The lowest BCUT2D eigenvalue weighted by atomic mass is 10.2. The molecule has 122 valence electrons. The van der Waals surface area contributed by atoms with Gasteiger partial charge in [-0.1, -0.05) is 6.07 Å². The first-order valence-electron chi connectivity index (χ1n) is 6.82. The molecule has 1 aliphatic heterocycles. The van der Waals surface area contributed by atoms with Gasteiger partial charge in [0.15, 0.2) is 0 Å². The first kappa shape index (κ1) is 16.7. The minimum absolute atomic E-state index is 0.0299. The molecular weight excluding hydrogens is 310 g/mol. The Kier molecular flexibility index (Phi) is 5.05. The molecule has 1 aliphatic rings. The van der Waals surface area contributed by atoms with E-state index in [0.29, 0.717) is 18.4 Å². The summed E-state index contributed by atoms with van der Waals surface area (Å²) in [6, 6.07) is 3.70. The minimum atomic E-state index is -3.94. The molecule has 0 amide bonds. The predicted octanol–water partition coefficient (Wildman–Crippen LogP) is 1.08. The van der Waals surface area contributed by atoms with Gasteiger partial charge in [0.05, 0.1) is 13.7 Å². The van der Waals surface area contributed by atoms with Gasteiger partial charge in [0, 0.05) is 13.7 Å². The number of carboxylic acids is 1. The van der Waals surface area contributed by atoms with Crippen LogP contribution in [-0.4, -0.2) is 50.6 Å². The summed E-state index contributed by atoms with van der Waals surface area (Å²) in [6.45, 7) is 0.450. The molecule has 1 aromatic rings. The molecule has 2 rings (SSSR count). The number of sulfonamides is 1. The number of benzene rings is 1. The van der Waals surface area contributed by atoms with Crippen LogP contribution in [0.15, 0.2) is 23.1 Å². The summed E-state index contributed by atoms with van der Waals surface area (Å²) >= 11 is 0. The third-order valence-electron chi connectivity index (χ3n) is 3.61. The molecule has 1 N–H and O–H groups in total. The molecule has 1 heterocycles. The molecule has 0 saturated carbocycles. The van der Waals surface area contributed by atoms with Gasteiger partial charge in [-0.2, -0.15) is 4.31 Å². The molecule has 1 aromatic carbocycles. The van der Waals surface area contributed by atoms with E-state index in [1.165, 1.54) is 20.3 Å². The summed E-state index contributed by atoms with van der Waals surface area (Å²) in [7, 11) is -1.05. The molecule has 22 heavy (non-hydrogen) atoms. The zero-order valence-electron chi connectivity index (χ0n) is 12.5. The lowest BCUT2D eigenvalue weighted by Gasteiger charge is -2.22. The van der Waals surface area contributed by atoms with Gasteiger partial charge in [0.2, 0.25) is 10.0 Å². The van der Waals surface area contributed by atoms with E-state index in [2.05, 4.69) is 0 Å². The summed E-state index contributed by atoms with van der Waals surface area (Å²) in [5.74, 6) is -0.941. The maximum atomic E-state index is 12.8.